The smallest absolute Gasteiger partial charge is 0.133 e. The van der Waals surface area contributed by atoms with Gasteiger partial charge >= 0.3 is 0 Å². The van der Waals surface area contributed by atoms with Gasteiger partial charge in [0.15, 0.2) is 0 Å². The highest BCUT2D eigenvalue weighted by Gasteiger charge is 2.21. The second-order valence-electron chi connectivity index (χ2n) is 9.09. The van der Waals surface area contributed by atoms with E-state index < -0.39 is 6.23 Å². The maximum atomic E-state index is 10.9. The Bertz CT molecular complexity index is 1470. The average molecular weight is 482 g/mol. The second-order valence-corrected chi connectivity index (χ2v) is 9.97. The third kappa shape index (κ3) is 4.51. The van der Waals surface area contributed by atoms with E-state index in [1.54, 1.807) is 11.3 Å². The van der Waals surface area contributed by atoms with Crippen LogP contribution in [0.4, 0.5) is 11.4 Å². The Labute approximate surface area is 208 Å². The van der Waals surface area contributed by atoms with Crippen LogP contribution in [-0.4, -0.2) is 58.1 Å². The number of aliphatic hydroxyl groups excluding tert-OH is 1. The first-order chi connectivity index (χ1) is 17.1. The van der Waals surface area contributed by atoms with Crippen molar-refractivity contribution in [3.63, 3.8) is 0 Å². The molecule has 2 N–H and O–H groups in total. The number of anilines is 2. The molecule has 3 heterocycles. The number of thiazole rings is 1. The molecule has 6 rings (SSSR count). The topological polar surface area (TPSA) is 64.5 Å². The fraction of sp³-hybridized carbons (Fsp3) is 0.214. The molecule has 5 aromatic rings. The molecule has 0 amide bonds. The molecule has 7 heteroatoms. The summed E-state index contributed by atoms with van der Waals surface area (Å²) in [6.07, 6.45) is 1.27. The van der Waals surface area contributed by atoms with E-state index in [1.165, 1.54) is 4.70 Å². The number of rotatable bonds is 5. The molecular formula is C28H27N5OS. The van der Waals surface area contributed by atoms with Crippen LogP contribution in [0.2, 0.25) is 0 Å². The molecule has 1 fully saturated rings. The van der Waals surface area contributed by atoms with Crippen molar-refractivity contribution in [3.8, 4) is 11.1 Å². The number of aliphatic hydroxyl groups is 1. The van der Waals surface area contributed by atoms with Gasteiger partial charge in [-0.3, -0.25) is 9.88 Å². The second kappa shape index (κ2) is 9.36. The Balaban J connectivity index is 1.27. The first-order valence-electron chi connectivity index (χ1n) is 11.8. The van der Waals surface area contributed by atoms with E-state index in [2.05, 4.69) is 80.7 Å². The Hall–Kier alpha value is -3.36. The van der Waals surface area contributed by atoms with Crippen molar-refractivity contribution in [2.45, 2.75) is 6.23 Å². The van der Waals surface area contributed by atoms with Crippen LogP contribution in [0.5, 0.6) is 0 Å². The van der Waals surface area contributed by atoms with Crippen LogP contribution in [0.25, 0.3) is 32.2 Å². The maximum Gasteiger partial charge on any atom is 0.133 e. The van der Waals surface area contributed by atoms with Gasteiger partial charge in [-0.1, -0.05) is 30.3 Å². The molecule has 0 aliphatic carbocycles. The van der Waals surface area contributed by atoms with Gasteiger partial charge in [0.05, 0.1) is 21.2 Å². The number of pyridine rings is 1. The van der Waals surface area contributed by atoms with Crippen molar-refractivity contribution in [1.29, 1.82) is 0 Å². The lowest BCUT2D eigenvalue weighted by atomic mass is 10.0. The number of likely N-dealkylation sites (N-methyl/N-ethyl adjacent to an activating group) is 1. The van der Waals surface area contributed by atoms with Crippen LogP contribution in [0.15, 0.2) is 78.4 Å². The van der Waals surface area contributed by atoms with Crippen LogP contribution in [0.1, 0.15) is 11.8 Å². The van der Waals surface area contributed by atoms with E-state index in [4.69, 9.17) is 0 Å². The van der Waals surface area contributed by atoms with Crippen molar-refractivity contribution >= 4 is 43.8 Å². The van der Waals surface area contributed by atoms with E-state index >= 15 is 0 Å². The predicted molar refractivity (Wildman–Crippen MR) is 144 cm³/mol. The number of nitrogens with zero attached hydrogens (tertiary/aromatic N) is 4. The minimum Gasteiger partial charge on any atom is -0.374 e. The van der Waals surface area contributed by atoms with Crippen LogP contribution < -0.4 is 5.32 Å². The van der Waals surface area contributed by atoms with Crippen molar-refractivity contribution in [2.75, 3.05) is 38.5 Å². The van der Waals surface area contributed by atoms with Gasteiger partial charge in [0, 0.05) is 49.1 Å². The Morgan fingerprint density at radius 2 is 1.66 bits per heavy atom. The quantitative estimate of drug-likeness (QED) is 0.346. The molecule has 6 nitrogen and oxygen atoms in total. The zero-order valence-corrected chi connectivity index (χ0v) is 20.4. The number of aromatic nitrogens is 2. The fourth-order valence-corrected chi connectivity index (χ4v) is 5.31. The SMILES string of the molecule is CN1CCN(C(O)c2ccc(-c3ccc4nccc(Nc5ccc6scnc6c5)c4c3)cc2)CC1. The first-order valence-corrected chi connectivity index (χ1v) is 12.7. The number of fused-ring (bicyclic) bond motifs is 2. The molecule has 176 valence electrons. The van der Waals surface area contributed by atoms with E-state index in [0.29, 0.717) is 0 Å². The van der Waals surface area contributed by atoms with E-state index in [9.17, 15) is 5.11 Å². The number of piperazine rings is 1. The van der Waals surface area contributed by atoms with E-state index in [-0.39, 0.29) is 0 Å². The summed E-state index contributed by atoms with van der Waals surface area (Å²) in [6, 6.07) is 22.9. The molecule has 0 radical (unpaired) electrons. The molecule has 1 aliphatic heterocycles. The van der Waals surface area contributed by atoms with Gasteiger partial charge in [-0.05, 0) is 60.1 Å². The van der Waals surface area contributed by atoms with Crippen LogP contribution in [0.3, 0.4) is 0 Å². The van der Waals surface area contributed by atoms with Gasteiger partial charge in [0.1, 0.15) is 6.23 Å². The molecule has 0 bridgehead atoms. The van der Waals surface area contributed by atoms with Crippen LogP contribution in [-0.2, 0) is 0 Å². The van der Waals surface area contributed by atoms with Gasteiger partial charge in [0.2, 0.25) is 0 Å². The standard InChI is InChI=1S/C28H27N5OS/c1-32-12-14-33(15-13-32)28(34)20-4-2-19(3-5-20)21-6-8-24-23(16-21)25(10-11-29-24)31-22-7-9-27-26(17-22)30-18-35-27/h2-11,16-18,28,34H,12-15H2,1H3,(H,29,31). The third-order valence-corrected chi connectivity index (χ3v) is 7.59. The summed E-state index contributed by atoms with van der Waals surface area (Å²) in [7, 11) is 2.12. The Kier molecular flexibility index (Phi) is 5.91. The van der Waals surface area contributed by atoms with Gasteiger partial charge in [-0.25, -0.2) is 4.98 Å². The molecular weight excluding hydrogens is 454 g/mol. The van der Waals surface area contributed by atoms with Gasteiger partial charge in [-0.15, -0.1) is 11.3 Å². The Morgan fingerprint density at radius 3 is 2.49 bits per heavy atom. The van der Waals surface area contributed by atoms with Crippen molar-refractivity contribution in [3.05, 3.63) is 84.0 Å². The van der Waals surface area contributed by atoms with Gasteiger partial charge in [-0.2, -0.15) is 0 Å². The minimum atomic E-state index is -0.565. The number of hydrogen-bond donors (Lipinski definition) is 2. The zero-order valence-electron chi connectivity index (χ0n) is 19.6. The molecule has 0 spiro atoms. The molecule has 3 aromatic carbocycles. The summed E-state index contributed by atoms with van der Waals surface area (Å²) in [6.45, 7) is 3.72. The summed E-state index contributed by atoms with van der Waals surface area (Å²) in [5.41, 5.74) is 8.98. The van der Waals surface area contributed by atoms with Gasteiger partial charge < -0.3 is 15.3 Å². The van der Waals surface area contributed by atoms with E-state index in [0.717, 1.165) is 70.7 Å². The third-order valence-electron chi connectivity index (χ3n) is 6.78. The van der Waals surface area contributed by atoms with Crippen molar-refractivity contribution in [2.24, 2.45) is 0 Å². The molecule has 1 aliphatic rings. The summed E-state index contributed by atoms with van der Waals surface area (Å²) in [5, 5.41) is 15.5. The molecule has 1 saturated heterocycles. The largest absolute Gasteiger partial charge is 0.374 e. The number of hydrogen-bond acceptors (Lipinski definition) is 7. The number of benzene rings is 3. The lowest BCUT2D eigenvalue weighted by Gasteiger charge is -2.35. The summed E-state index contributed by atoms with van der Waals surface area (Å²) >= 11 is 1.65. The highest BCUT2D eigenvalue weighted by molar-refractivity contribution is 7.16. The number of nitrogens with one attached hydrogen (secondary N) is 1. The lowest BCUT2D eigenvalue weighted by Crippen LogP contribution is -2.45. The van der Waals surface area contributed by atoms with Crippen molar-refractivity contribution < 1.29 is 5.11 Å². The monoisotopic (exact) mass is 481 g/mol. The summed E-state index contributed by atoms with van der Waals surface area (Å²) < 4.78 is 1.18. The Morgan fingerprint density at radius 1 is 0.857 bits per heavy atom. The predicted octanol–water partition coefficient (Wildman–Crippen LogP) is 5.49. The van der Waals surface area contributed by atoms with Crippen LogP contribution >= 0.6 is 11.3 Å². The van der Waals surface area contributed by atoms with Gasteiger partial charge in [0.25, 0.3) is 0 Å². The van der Waals surface area contributed by atoms with Crippen LogP contribution in [0, 0.1) is 0 Å². The molecule has 2 aromatic heterocycles. The summed E-state index contributed by atoms with van der Waals surface area (Å²) in [4.78, 5) is 13.4. The van der Waals surface area contributed by atoms with Crippen molar-refractivity contribution in [1.82, 2.24) is 19.8 Å². The summed E-state index contributed by atoms with van der Waals surface area (Å²) in [5.74, 6) is 0. The highest BCUT2D eigenvalue weighted by Crippen LogP contribution is 2.32. The fourth-order valence-electron chi connectivity index (χ4n) is 4.65. The highest BCUT2D eigenvalue weighted by atomic mass is 32.1. The molecule has 1 atom stereocenters. The minimum absolute atomic E-state index is 0.565. The normalized spacial score (nSPS) is 16.1. The lowest BCUT2D eigenvalue weighted by molar-refractivity contribution is -0.0232. The first kappa shape index (κ1) is 22.1. The maximum absolute atomic E-state index is 10.9. The average Bonchev–Trinajstić information content (AvgIpc) is 3.37. The zero-order chi connectivity index (χ0) is 23.8. The molecule has 1 unspecified atom stereocenters. The van der Waals surface area contributed by atoms with E-state index in [1.807, 2.05) is 29.9 Å². The molecule has 0 saturated carbocycles. The molecule has 35 heavy (non-hydrogen) atoms.